The van der Waals surface area contributed by atoms with Gasteiger partial charge in [-0.05, 0) is 31.3 Å². The van der Waals surface area contributed by atoms with E-state index < -0.39 is 41.8 Å². The minimum Gasteiger partial charge on any atom is -0.480 e. The molecule has 0 aliphatic rings. The first-order valence-corrected chi connectivity index (χ1v) is 11.2. The molecule has 0 saturated heterocycles. The number of thioether (sulfide) groups is 1. The zero-order valence-electron chi connectivity index (χ0n) is 16.8. The lowest BCUT2D eigenvalue weighted by molar-refractivity contribution is -0.142. The molecule has 0 aromatic rings. The normalized spacial score (nSPS) is 13.4. The van der Waals surface area contributed by atoms with Crippen molar-refractivity contribution >= 4 is 54.0 Å². The highest BCUT2D eigenvalue weighted by atomic mass is 32.2. The molecule has 0 aromatic heterocycles. The van der Waals surface area contributed by atoms with E-state index in [1.165, 1.54) is 11.8 Å². The van der Waals surface area contributed by atoms with Gasteiger partial charge in [0.05, 0.1) is 6.54 Å². The second-order valence-electron chi connectivity index (χ2n) is 6.20. The summed E-state index contributed by atoms with van der Waals surface area (Å²) < 4.78 is 0. The number of carbonyl (C=O) groups excluding carboxylic acids is 3. The van der Waals surface area contributed by atoms with Crippen molar-refractivity contribution < 1.29 is 24.3 Å². The number of aliphatic imine (C=N–C) groups is 1. The number of nitrogens with two attached hydrogens (primary N) is 3. The van der Waals surface area contributed by atoms with Gasteiger partial charge in [0.2, 0.25) is 17.7 Å². The van der Waals surface area contributed by atoms with Crippen LogP contribution in [0.15, 0.2) is 4.99 Å². The average Bonchev–Trinajstić information content (AvgIpc) is 2.70. The van der Waals surface area contributed by atoms with E-state index >= 15 is 0 Å². The maximum absolute atomic E-state index is 12.7. The van der Waals surface area contributed by atoms with Gasteiger partial charge in [-0.15, -0.1) is 0 Å². The summed E-state index contributed by atoms with van der Waals surface area (Å²) in [6, 6.07) is -3.16. The summed E-state index contributed by atoms with van der Waals surface area (Å²) in [5.41, 5.74) is 15.8. The molecule has 0 radical (unpaired) electrons. The Hall–Kier alpha value is -2.19. The fourth-order valence-corrected chi connectivity index (χ4v) is 2.99. The number of hydrogen-bond donors (Lipinski definition) is 8. The van der Waals surface area contributed by atoms with Crippen molar-refractivity contribution in [2.45, 2.75) is 37.4 Å². The molecular weight excluding hydrogens is 434 g/mol. The summed E-state index contributed by atoms with van der Waals surface area (Å²) in [4.78, 5) is 51.8. The Labute approximate surface area is 184 Å². The van der Waals surface area contributed by atoms with E-state index in [0.29, 0.717) is 12.2 Å². The van der Waals surface area contributed by atoms with Crippen molar-refractivity contribution in [2.75, 3.05) is 30.9 Å². The fraction of sp³-hybridized carbons (Fsp3) is 0.688. The van der Waals surface area contributed by atoms with Crippen LogP contribution in [0.3, 0.4) is 0 Å². The van der Waals surface area contributed by atoms with Crippen LogP contribution >= 0.6 is 24.4 Å². The minimum atomic E-state index is -1.17. The number of guanidine groups is 1. The molecule has 0 bridgehead atoms. The van der Waals surface area contributed by atoms with Crippen molar-refractivity contribution in [3.63, 3.8) is 0 Å². The molecule has 3 unspecified atom stereocenters. The number of thiol groups is 1. The van der Waals surface area contributed by atoms with Crippen LogP contribution in [-0.4, -0.2) is 83.7 Å². The lowest BCUT2D eigenvalue weighted by atomic mass is 10.1. The molecule has 10 N–H and O–H groups in total. The molecule has 0 saturated carbocycles. The van der Waals surface area contributed by atoms with Crippen LogP contribution in [0.2, 0.25) is 0 Å². The molecule has 0 fully saturated rings. The largest absolute Gasteiger partial charge is 0.480 e. The van der Waals surface area contributed by atoms with E-state index in [2.05, 4.69) is 33.6 Å². The number of nitrogens with zero attached hydrogens (tertiary/aromatic N) is 1. The van der Waals surface area contributed by atoms with Crippen molar-refractivity contribution in [2.24, 2.45) is 22.2 Å². The zero-order valence-corrected chi connectivity index (χ0v) is 18.5. The summed E-state index contributed by atoms with van der Waals surface area (Å²) in [6.45, 7) is -0.0908. The van der Waals surface area contributed by atoms with Gasteiger partial charge in [-0.1, -0.05) is 0 Å². The predicted octanol–water partition coefficient (Wildman–Crippen LogP) is -2.78. The molecule has 0 aromatic carbocycles. The van der Waals surface area contributed by atoms with Crippen LogP contribution < -0.4 is 33.2 Å². The topological polar surface area (TPSA) is 215 Å². The molecule has 0 aliphatic carbocycles. The Morgan fingerprint density at radius 1 is 1.03 bits per heavy atom. The maximum Gasteiger partial charge on any atom is 0.326 e. The highest BCUT2D eigenvalue weighted by molar-refractivity contribution is 7.98. The Kier molecular flexibility index (Phi) is 14.5. The minimum absolute atomic E-state index is 0.0224. The number of nitrogens with one attached hydrogen (secondary N) is 3. The SMILES string of the molecule is CSCCC(NC(=O)C(CCCN=C(N)N)NC(=O)C(CS)NC(=O)CN)C(=O)O. The van der Waals surface area contributed by atoms with Crippen LogP contribution in [0.25, 0.3) is 0 Å². The van der Waals surface area contributed by atoms with Gasteiger partial charge in [0.15, 0.2) is 5.96 Å². The molecule has 30 heavy (non-hydrogen) atoms. The molecule has 0 heterocycles. The third kappa shape index (κ3) is 11.7. The zero-order chi connectivity index (χ0) is 23.1. The van der Waals surface area contributed by atoms with E-state index in [-0.39, 0.29) is 37.6 Å². The standard InChI is InChI=1S/C16H31N7O5S2/c1-30-6-4-10(15(27)28)23-13(25)9(3-2-5-20-16(18)19)22-14(26)11(8-29)21-12(24)7-17/h9-11,29H,2-8,17H2,1H3,(H,21,24)(H,22,26)(H,23,25)(H,27,28)(H4,18,19,20). The number of carboxylic acids is 1. The third-order valence-corrected chi connectivity index (χ3v) is 4.83. The second-order valence-corrected chi connectivity index (χ2v) is 7.55. The summed E-state index contributed by atoms with van der Waals surface area (Å²) in [7, 11) is 0. The average molecular weight is 466 g/mol. The Morgan fingerprint density at radius 3 is 2.13 bits per heavy atom. The molecule has 0 aliphatic heterocycles. The molecule has 172 valence electrons. The van der Waals surface area contributed by atoms with E-state index in [9.17, 15) is 24.3 Å². The number of carbonyl (C=O) groups is 4. The van der Waals surface area contributed by atoms with Crippen molar-refractivity contribution in [3.05, 3.63) is 0 Å². The first-order valence-electron chi connectivity index (χ1n) is 9.14. The van der Waals surface area contributed by atoms with Crippen LogP contribution in [0.5, 0.6) is 0 Å². The van der Waals surface area contributed by atoms with Gasteiger partial charge in [-0.3, -0.25) is 19.4 Å². The summed E-state index contributed by atoms with van der Waals surface area (Å²) in [6.07, 6.45) is 2.54. The monoisotopic (exact) mass is 465 g/mol. The molecule has 0 spiro atoms. The smallest absolute Gasteiger partial charge is 0.326 e. The van der Waals surface area contributed by atoms with Crippen LogP contribution in [-0.2, 0) is 19.2 Å². The lowest BCUT2D eigenvalue weighted by Crippen LogP contribution is -2.56. The number of hydrogen-bond acceptors (Lipinski definition) is 8. The van der Waals surface area contributed by atoms with E-state index in [0.717, 1.165) is 0 Å². The molecule has 12 nitrogen and oxygen atoms in total. The molecule has 3 atom stereocenters. The van der Waals surface area contributed by atoms with Gasteiger partial charge in [-0.25, -0.2) is 4.79 Å². The molecule has 14 heteroatoms. The van der Waals surface area contributed by atoms with E-state index in [4.69, 9.17) is 17.2 Å². The number of rotatable bonds is 15. The van der Waals surface area contributed by atoms with Crippen LogP contribution in [0, 0.1) is 0 Å². The summed E-state index contributed by atoms with van der Waals surface area (Å²) in [5.74, 6) is -2.64. The fourth-order valence-electron chi connectivity index (χ4n) is 2.26. The number of carboxylic acid groups (broad SMARTS) is 1. The van der Waals surface area contributed by atoms with Gasteiger partial charge in [0.1, 0.15) is 18.1 Å². The Morgan fingerprint density at radius 2 is 1.63 bits per heavy atom. The van der Waals surface area contributed by atoms with Crippen LogP contribution in [0.1, 0.15) is 19.3 Å². The van der Waals surface area contributed by atoms with Crippen molar-refractivity contribution in [1.29, 1.82) is 0 Å². The quantitative estimate of drug-likeness (QED) is 0.0542. The summed E-state index contributed by atoms with van der Waals surface area (Å²) >= 11 is 5.48. The van der Waals surface area contributed by atoms with Crippen LogP contribution in [0.4, 0.5) is 0 Å². The Bertz CT molecular complexity index is 617. The van der Waals surface area contributed by atoms with Gasteiger partial charge >= 0.3 is 5.97 Å². The highest BCUT2D eigenvalue weighted by Gasteiger charge is 2.28. The molecular formula is C16H31N7O5S2. The third-order valence-electron chi connectivity index (χ3n) is 3.82. The first kappa shape index (κ1) is 27.8. The van der Waals surface area contributed by atoms with Gasteiger partial charge in [0, 0.05) is 12.3 Å². The lowest BCUT2D eigenvalue weighted by Gasteiger charge is -2.23. The van der Waals surface area contributed by atoms with Gasteiger partial charge in [-0.2, -0.15) is 24.4 Å². The number of aliphatic carboxylic acids is 1. The molecule has 0 rings (SSSR count). The van der Waals surface area contributed by atoms with Gasteiger partial charge in [0.25, 0.3) is 0 Å². The Balaban J connectivity index is 5.24. The van der Waals surface area contributed by atoms with E-state index in [1.54, 1.807) is 0 Å². The van der Waals surface area contributed by atoms with Crippen molar-refractivity contribution in [1.82, 2.24) is 16.0 Å². The highest BCUT2D eigenvalue weighted by Crippen LogP contribution is 2.05. The second kappa shape index (κ2) is 15.6. The summed E-state index contributed by atoms with van der Waals surface area (Å²) in [5, 5.41) is 16.7. The predicted molar refractivity (Wildman–Crippen MR) is 119 cm³/mol. The van der Waals surface area contributed by atoms with E-state index in [1.807, 2.05) is 6.26 Å². The molecule has 3 amide bonds. The van der Waals surface area contributed by atoms with Crippen molar-refractivity contribution in [3.8, 4) is 0 Å². The first-order chi connectivity index (χ1) is 14.2. The van der Waals surface area contributed by atoms with Gasteiger partial charge < -0.3 is 38.3 Å². The maximum atomic E-state index is 12.7. The number of amides is 3.